The van der Waals surface area contributed by atoms with E-state index < -0.39 is 6.04 Å². The summed E-state index contributed by atoms with van der Waals surface area (Å²) < 4.78 is 1.91. The number of nitrogens with one attached hydrogen (secondary N) is 1. The van der Waals surface area contributed by atoms with Gasteiger partial charge in [-0.15, -0.1) is 24.8 Å². The van der Waals surface area contributed by atoms with E-state index in [1.54, 1.807) is 12.5 Å². The van der Waals surface area contributed by atoms with Gasteiger partial charge in [-0.2, -0.15) is 0 Å². The summed E-state index contributed by atoms with van der Waals surface area (Å²) in [6.07, 6.45) is 5.84. The summed E-state index contributed by atoms with van der Waals surface area (Å²) in [7, 11) is 0. The molecule has 0 radical (unpaired) electrons. The van der Waals surface area contributed by atoms with Crippen molar-refractivity contribution in [3.05, 3.63) is 54.6 Å². The van der Waals surface area contributed by atoms with Crippen molar-refractivity contribution in [3.8, 4) is 0 Å². The zero-order valence-electron chi connectivity index (χ0n) is 11.5. The maximum absolute atomic E-state index is 11.8. The van der Waals surface area contributed by atoms with Crippen LogP contribution in [0.4, 0.5) is 0 Å². The highest BCUT2D eigenvalue weighted by Crippen LogP contribution is 2.01. The van der Waals surface area contributed by atoms with Crippen LogP contribution >= 0.6 is 24.8 Å². The number of halogens is 2. The van der Waals surface area contributed by atoms with Crippen molar-refractivity contribution >= 4 is 30.7 Å². The highest BCUT2D eigenvalue weighted by molar-refractivity contribution is 5.85. The van der Waals surface area contributed by atoms with E-state index in [1.165, 1.54) is 0 Å². The molecular weight excluding hydrogens is 311 g/mol. The van der Waals surface area contributed by atoms with Crippen LogP contribution in [0, 0.1) is 0 Å². The van der Waals surface area contributed by atoms with E-state index in [2.05, 4.69) is 10.3 Å². The van der Waals surface area contributed by atoms with Gasteiger partial charge in [0.25, 0.3) is 0 Å². The molecule has 116 valence electrons. The maximum atomic E-state index is 11.8. The van der Waals surface area contributed by atoms with Crippen LogP contribution in [-0.4, -0.2) is 28.0 Å². The van der Waals surface area contributed by atoms with Crippen molar-refractivity contribution in [1.82, 2.24) is 14.9 Å². The minimum Gasteiger partial charge on any atom is -0.353 e. The Labute approximate surface area is 136 Å². The number of carbonyl (C=O) groups is 1. The number of hydrogen-bond donors (Lipinski definition) is 2. The van der Waals surface area contributed by atoms with Gasteiger partial charge in [0, 0.05) is 25.5 Å². The van der Waals surface area contributed by atoms with Crippen LogP contribution < -0.4 is 11.1 Å². The fourth-order valence-corrected chi connectivity index (χ4v) is 1.82. The van der Waals surface area contributed by atoms with Crippen LogP contribution in [-0.2, 0) is 17.8 Å². The highest BCUT2D eigenvalue weighted by atomic mass is 35.5. The molecule has 0 spiro atoms. The number of imidazole rings is 1. The first-order chi connectivity index (χ1) is 9.25. The zero-order valence-corrected chi connectivity index (χ0v) is 13.1. The molecule has 5 nitrogen and oxygen atoms in total. The van der Waals surface area contributed by atoms with E-state index in [0.29, 0.717) is 19.5 Å². The Hall–Kier alpha value is -1.56. The normalized spacial score (nSPS) is 10.9. The van der Waals surface area contributed by atoms with Gasteiger partial charge in [-0.3, -0.25) is 4.79 Å². The third-order valence-electron chi connectivity index (χ3n) is 2.86. The molecule has 2 rings (SSSR count). The van der Waals surface area contributed by atoms with Gasteiger partial charge in [0.15, 0.2) is 0 Å². The van der Waals surface area contributed by atoms with Crippen LogP contribution in [0.5, 0.6) is 0 Å². The van der Waals surface area contributed by atoms with Crippen molar-refractivity contribution < 1.29 is 4.79 Å². The average Bonchev–Trinajstić information content (AvgIpc) is 2.93. The van der Waals surface area contributed by atoms with Crippen molar-refractivity contribution in [2.24, 2.45) is 5.73 Å². The number of amides is 1. The van der Waals surface area contributed by atoms with Crippen LogP contribution in [0.3, 0.4) is 0 Å². The Kier molecular flexibility index (Phi) is 9.45. The van der Waals surface area contributed by atoms with Gasteiger partial charge < -0.3 is 15.6 Å². The van der Waals surface area contributed by atoms with Crippen LogP contribution in [0.1, 0.15) is 5.56 Å². The number of nitrogens with two attached hydrogens (primary N) is 1. The van der Waals surface area contributed by atoms with Crippen molar-refractivity contribution in [1.29, 1.82) is 0 Å². The topological polar surface area (TPSA) is 72.9 Å². The number of hydrogen-bond acceptors (Lipinski definition) is 3. The Balaban J connectivity index is 0.00000200. The molecule has 0 aliphatic carbocycles. The van der Waals surface area contributed by atoms with E-state index >= 15 is 0 Å². The molecule has 3 N–H and O–H groups in total. The molecule has 0 saturated carbocycles. The van der Waals surface area contributed by atoms with Crippen LogP contribution in [0.2, 0.25) is 0 Å². The first-order valence-corrected chi connectivity index (χ1v) is 6.28. The van der Waals surface area contributed by atoms with Gasteiger partial charge in [-0.25, -0.2) is 4.98 Å². The zero-order chi connectivity index (χ0) is 13.5. The van der Waals surface area contributed by atoms with E-state index in [-0.39, 0.29) is 30.7 Å². The van der Waals surface area contributed by atoms with Crippen molar-refractivity contribution in [2.75, 3.05) is 6.54 Å². The molecule has 1 aromatic heterocycles. The lowest BCUT2D eigenvalue weighted by molar-refractivity contribution is -0.122. The summed E-state index contributed by atoms with van der Waals surface area (Å²) in [5.41, 5.74) is 6.95. The second-order valence-electron chi connectivity index (χ2n) is 4.39. The molecule has 0 unspecified atom stereocenters. The first-order valence-electron chi connectivity index (χ1n) is 6.28. The monoisotopic (exact) mass is 330 g/mol. The van der Waals surface area contributed by atoms with Gasteiger partial charge >= 0.3 is 0 Å². The molecule has 21 heavy (non-hydrogen) atoms. The molecular formula is C14H20Cl2N4O. The molecule has 0 aliphatic rings. The van der Waals surface area contributed by atoms with Crippen molar-refractivity contribution in [2.45, 2.75) is 19.0 Å². The predicted octanol–water partition coefficient (Wildman–Crippen LogP) is 1.41. The molecule has 0 aliphatic heterocycles. The largest absolute Gasteiger partial charge is 0.353 e. The van der Waals surface area contributed by atoms with Crippen molar-refractivity contribution in [3.63, 3.8) is 0 Å². The number of carbonyl (C=O) groups excluding carboxylic acids is 1. The summed E-state index contributed by atoms with van der Waals surface area (Å²) in [5.74, 6) is -0.121. The summed E-state index contributed by atoms with van der Waals surface area (Å²) >= 11 is 0. The minimum atomic E-state index is -0.509. The highest BCUT2D eigenvalue weighted by Gasteiger charge is 2.13. The Morgan fingerprint density at radius 1 is 1.29 bits per heavy atom. The molecule has 0 fully saturated rings. The smallest absolute Gasteiger partial charge is 0.237 e. The Morgan fingerprint density at radius 2 is 2.00 bits per heavy atom. The van der Waals surface area contributed by atoms with E-state index in [0.717, 1.165) is 5.56 Å². The average molecular weight is 331 g/mol. The van der Waals surface area contributed by atoms with Gasteiger partial charge in [0.1, 0.15) is 0 Å². The fourth-order valence-electron chi connectivity index (χ4n) is 1.82. The lowest BCUT2D eigenvalue weighted by atomic mass is 10.1. The lowest BCUT2D eigenvalue weighted by Crippen LogP contribution is -2.43. The Morgan fingerprint density at radius 3 is 2.62 bits per heavy atom. The number of benzene rings is 1. The molecule has 0 saturated heterocycles. The second-order valence-corrected chi connectivity index (χ2v) is 4.39. The SMILES string of the molecule is Cl.Cl.N[C@@H](Cc1ccccc1)C(=O)NCCn1ccnc1. The van der Waals surface area contributed by atoms with E-state index in [9.17, 15) is 4.79 Å². The summed E-state index contributed by atoms with van der Waals surface area (Å²) in [6.45, 7) is 1.25. The number of nitrogens with zero attached hydrogens (tertiary/aromatic N) is 2. The molecule has 2 aromatic rings. The third kappa shape index (κ3) is 6.62. The third-order valence-corrected chi connectivity index (χ3v) is 2.86. The molecule has 0 bridgehead atoms. The standard InChI is InChI=1S/C14H18N4O.2ClH/c15-13(10-12-4-2-1-3-5-12)14(19)17-7-9-18-8-6-16-11-18;;/h1-6,8,11,13H,7,9-10,15H2,(H,17,19);2*1H/t13-;;/m0../s1. The number of rotatable bonds is 6. The predicted molar refractivity (Wildman–Crippen MR) is 87.9 cm³/mol. The van der Waals surface area contributed by atoms with Gasteiger partial charge in [0.05, 0.1) is 12.4 Å². The second kappa shape index (κ2) is 10.2. The van der Waals surface area contributed by atoms with E-state index in [4.69, 9.17) is 5.73 Å². The number of aromatic nitrogens is 2. The van der Waals surface area contributed by atoms with Gasteiger partial charge in [0.2, 0.25) is 5.91 Å². The minimum absolute atomic E-state index is 0. The van der Waals surface area contributed by atoms with E-state index in [1.807, 2.05) is 41.1 Å². The van der Waals surface area contributed by atoms with Crippen LogP contribution in [0.15, 0.2) is 49.1 Å². The molecule has 1 heterocycles. The van der Waals surface area contributed by atoms with Gasteiger partial charge in [-0.1, -0.05) is 30.3 Å². The Bertz CT molecular complexity index is 505. The molecule has 1 aromatic carbocycles. The maximum Gasteiger partial charge on any atom is 0.237 e. The van der Waals surface area contributed by atoms with Crippen LogP contribution in [0.25, 0.3) is 0 Å². The summed E-state index contributed by atoms with van der Waals surface area (Å²) in [4.78, 5) is 15.8. The quantitative estimate of drug-likeness (QED) is 0.841. The molecule has 7 heteroatoms. The fraction of sp³-hybridized carbons (Fsp3) is 0.286. The van der Waals surface area contributed by atoms with Gasteiger partial charge in [-0.05, 0) is 12.0 Å². The first kappa shape index (κ1) is 19.4. The molecule has 1 amide bonds. The lowest BCUT2D eigenvalue weighted by Gasteiger charge is -2.12. The summed E-state index contributed by atoms with van der Waals surface area (Å²) in [6, 6.07) is 9.26. The summed E-state index contributed by atoms with van der Waals surface area (Å²) in [5, 5.41) is 2.83. The molecule has 1 atom stereocenters.